The Bertz CT molecular complexity index is 1360. The lowest BCUT2D eigenvalue weighted by Gasteiger charge is -2.43. The zero-order valence-corrected chi connectivity index (χ0v) is 22.1. The van der Waals surface area contributed by atoms with Crippen molar-refractivity contribution >= 4 is 61.1 Å². The largest absolute Gasteiger partial charge is 0.353 e. The number of hydrogen-bond acceptors (Lipinski definition) is 6. The summed E-state index contributed by atoms with van der Waals surface area (Å²) in [5, 5.41) is 15.8. The Balaban J connectivity index is 1.65. The summed E-state index contributed by atoms with van der Waals surface area (Å²) >= 11 is 9.63. The number of aromatic nitrogens is 3. The fourth-order valence-electron chi connectivity index (χ4n) is 5.27. The molecule has 5 rings (SSSR count). The van der Waals surface area contributed by atoms with Crippen molar-refractivity contribution in [3.63, 3.8) is 0 Å². The Labute approximate surface area is 216 Å². The van der Waals surface area contributed by atoms with Crippen LogP contribution in [0.4, 0.5) is 10.2 Å². The van der Waals surface area contributed by atoms with Gasteiger partial charge >= 0.3 is 0 Å². The molecule has 1 amide bonds. The van der Waals surface area contributed by atoms with Gasteiger partial charge in [-0.1, -0.05) is 11.6 Å². The van der Waals surface area contributed by atoms with Gasteiger partial charge in [0.15, 0.2) is 5.82 Å². The first-order valence-electron chi connectivity index (χ1n) is 11.6. The van der Waals surface area contributed by atoms with Crippen molar-refractivity contribution in [3.05, 3.63) is 27.6 Å². The molecular formula is C24H26BrClFN7O. The number of amides is 1. The van der Waals surface area contributed by atoms with Crippen molar-refractivity contribution in [3.8, 4) is 6.07 Å². The number of halogens is 3. The molecule has 35 heavy (non-hydrogen) atoms. The molecule has 0 bridgehead atoms. The lowest BCUT2D eigenvalue weighted by molar-refractivity contribution is -0.132. The van der Waals surface area contributed by atoms with Crippen LogP contribution >= 0.6 is 27.5 Å². The van der Waals surface area contributed by atoms with Crippen LogP contribution in [0.15, 0.2) is 16.7 Å². The van der Waals surface area contributed by atoms with Crippen LogP contribution in [-0.2, 0) is 4.79 Å². The first-order chi connectivity index (χ1) is 16.7. The molecule has 2 atom stereocenters. The highest BCUT2D eigenvalue weighted by molar-refractivity contribution is 9.10. The van der Waals surface area contributed by atoms with E-state index in [0.717, 1.165) is 24.0 Å². The van der Waals surface area contributed by atoms with E-state index in [-0.39, 0.29) is 39.4 Å². The highest BCUT2D eigenvalue weighted by atomic mass is 79.9. The number of carbonyl (C=O) groups excluding carboxylic acids is 1. The smallest absolute Gasteiger partial charge is 0.219 e. The quantitative estimate of drug-likeness (QED) is 0.440. The Morgan fingerprint density at radius 1 is 1.37 bits per heavy atom. The Morgan fingerprint density at radius 3 is 2.77 bits per heavy atom. The van der Waals surface area contributed by atoms with E-state index in [2.05, 4.69) is 31.8 Å². The number of likely N-dealkylation sites (N-methyl/N-ethyl adjacent to an activating group) is 1. The average molecular weight is 563 g/mol. The van der Waals surface area contributed by atoms with Crippen molar-refractivity contribution in [2.24, 2.45) is 0 Å². The standard InChI is InChI=1S/C24H26BrClFN7O/c1-13(35)33-7-5-15(8-14(33)4-6-28)34-23-17-9-19(26)20(25)21(27)22(17)30-24(18(23)10-29-34)32-11-16(12-32)31(2)3/h9-10,14-16H,4-5,7-8,11-12H2,1-3H3/t14-,15+/m1/s1. The molecule has 11 heteroatoms. The number of benzene rings is 1. The van der Waals surface area contributed by atoms with Crippen molar-refractivity contribution in [2.45, 2.75) is 44.3 Å². The van der Waals surface area contributed by atoms with Gasteiger partial charge in [0.2, 0.25) is 5.91 Å². The Morgan fingerprint density at radius 2 is 2.11 bits per heavy atom. The van der Waals surface area contributed by atoms with E-state index >= 15 is 4.39 Å². The lowest BCUT2D eigenvalue weighted by Crippen LogP contribution is -2.57. The second kappa shape index (κ2) is 9.19. The number of anilines is 1. The molecular weight excluding hydrogens is 537 g/mol. The van der Waals surface area contributed by atoms with Gasteiger partial charge in [-0.05, 0) is 48.9 Å². The van der Waals surface area contributed by atoms with Gasteiger partial charge in [0.05, 0.1) is 45.1 Å². The minimum absolute atomic E-state index is 0.0297. The van der Waals surface area contributed by atoms with E-state index in [1.807, 2.05) is 18.8 Å². The summed E-state index contributed by atoms with van der Waals surface area (Å²) in [4.78, 5) is 23.0. The predicted octanol–water partition coefficient (Wildman–Crippen LogP) is 4.36. The molecule has 3 aromatic rings. The van der Waals surface area contributed by atoms with Crippen LogP contribution in [0.3, 0.4) is 0 Å². The van der Waals surface area contributed by atoms with Gasteiger partial charge in [0.25, 0.3) is 0 Å². The zero-order chi connectivity index (χ0) is 25.0. The number of rotatable bonds is 4. The van der Waals surface area contributed by atoms with Crippen molar-refractivity contribution < 1.29 is 9.18 Å². The number of pyridine rings is 1. The van der Waals surface area contributed by atoms with E-state index in [0.29, 0.717) is 36.6 Å². The zero-order valence-electron chi connectivity index (χ0n) is 19.8. The molecule has 0 aliphatic carbocycles. The molecule has 4 heterocycles. The molecule has 184 valence electrons. The van der Waals surface area contributed by atoms with Crippen LogP contribution in [0.25, 0.3) is 21.8 Å². The van der Waals surface area contributed by atoms with Crippen LogP contribution < -0.4 is 4.90 Å². The molecule has 0 saturated carbocycles. The molecule has 0 spiro atoms. The van der Waals surface area contributed by atoms with Crippen molar-refractivity contribution in [2.75, 3.05) is 38.6 Å². The maximum Gasteiger partial charge on any atom is 0.219 e. The number of piperidine rings is 1. The summed E-state index contributed by atoms with van der Waals surface area (Å²) in [6, 6.07) is 4.12. The molecule has 2 aliphatic rings. The molecule has 0 radical (unpaired) electrons. The molecule has 2 saturated heterocycles. The van der Waals surface area contributed by atoms with E-state index in [9.17, 15) is 10.1 Å². The second-order valence-electron chi connectivity index (χ2n) is 9.60. The van der Waals surface area contributed by atoms with Crippen molar-refractivity contribution in [1.82, 2.24) is 24.6 Å². The normalized spacial score (nSPS) is 21.1. The van der Waals surface area contributed by atoms with Gasteiger partial charge in [0.1, 0.15) is 11.3 Å². The molecule has 0 N–H and O–H groups in total. The number of hydrogen-bond donors (Lipinski definition) is 0. The van der Waals surface area contributed by atoms with Gasteiger partial charge < -0.3 is 14.7 Å². The fourth-order valence-corrected chi connectivity index (χ4v) is 5.77. The highest BCUT2D eigenvalue weighted by Gasteiger charge is 2.35. The first kappa shape index (κ1) is 24.2. The number of carbonyl (C=O) groups is 1. The maximum absolute atomic E-state index is 15.4. The fraction of sp³-hybridized carbons (Fsp3) is 0.500. The van der Waals surface area contributed by atoms with Crippen LogP contribution in [0, 0.1) is 17.1 Å². The number of nitrogens with zero attached hydrogens (tertiary/aromatic N) is 7. The number of fused-ring (bicyclic) bond motifs is 3. The molecule has 2 aliphatic heterocycles. The molecule has 2 aromatic heterocycles. The summed E-state index contributed by atoms with van der Waals surface area (Å²) in [6.07, 6.45) is 3.35. The summed E-state index contributed by atoms with van der Waals surface area (Å²) < 4.78 is 17.5. The van der Waals surface area contributed by atoms with Gasteiger partial charge in [-0.15, -0.1) is 0 Å². The van der Waals surface area contributed by atoms with Crippen LogP contribution in [0.2, 0.25) is 5.02 Å². The van der Waals surface area contributed by atoms with Gasteiger partial charge in [0, 0.05) is 44.0 Å². The Kier molecular flexibility index (Phi) is 6.36. The summed E-state index contributed by atoms with van der Waals surface area (Å²) in [6.45, 7) is 3.67. The van der Waals surface area contributed by atoms with Crippen LogP contribution in [0.5, 0.6) is 0 Å². The van der Waals surface area contributed by atoms with E-state index in [1.54, 1.807) is 17.2 Å². The maximum atomic E-state index is 15.4. The van der Waals surface area contributed by atoms with Crippen LogP contribution in [0.1, 0.15) is 32.2 Å². The number of likely N-dealkylation sites (tertiary alicyclic amines) is 1. The SMILES string of the molecule is CC(=O)N1CC[C@H](n2ncc3c(N4CC(N(C)C)C4)nc4c(F)c(Br)c(Cl)cc4c32)C[C@H]1CC#N. The average Bonchev–Trinajstić information content (AvgIpc) is 3.22. The third-order valence-electron chi connectivity index (χ3n) is 7.30. The van der Waals surface area contributed by atoms with E-state index < -0.39 is 5.82 Å². The summed E-state index contributed by atoms with van der Waals surface area (Å²) in [5.41, 5.74) is 1.03. The van der Waals surface area contributed by atoms with Gasteiger partial charge in [-0.3, -0.25) is 9.48 Å². The monoisotopic (exact) mass is 561 g/mol. The van der Waals surface area contributed by atoms with E-state index in [4.69, 9.17) is 21.7 Å². The third kappa shape index (κ3) is 4.03. The predicted molar refractivity (Wildman–Crippen MR) is 137 cm³/mol. The van der Waals surface area contributed by atoms with Gasteiger partial charge in [-0.25, -0.2) is 9.37 Å². The second-order valence-corrected chi connectivity index (χ2v) is 10.8. The molecule has 1 aromatic carbocycles. The third-order valence-corrected chi connectivity index (χ3v) is 8.60. The minimum Gasteiger partial charge on any atom is -0.353 e. The summed E-state index contributed by atoms with van der Waals surface area (Å²) in [7, 11) is 4.10. The molecule has 0 unspecified atom stereocenters. The topological polar surface area (TPSA) is 81.3 Å². The summed E-state index contributed by atoms with van der Waals surface area (Å²) in [5.74, 6) is 0.180. The lowest BCUT2D eigenvalue weighted by atomic mass is 9.95. The highest BCUT2D eigenvalue weighted by Crippen LogP contribution is 2.41. The van der Waals surface area contributed by atoms with E-state index in [1.165, 1.54) is 6.92 Å². The molecule has 2 fully saturated rings. The van der Waals surface area contributed by atoms with Crippen LogP contribution in [-0.4, -0.2) is 76.3 Å². The minimum atomic E-state index is -0.498. The van der Waals surface area contributed by atoms with Gasteiger partial charge in [-0.2, -0.15) is 10.4 Å². The van der Waals surface area contributed by atoms with Crippen molar-refractivity contribution in [1.29, 1.82) is 5.26 Å². The first-order valence-corrected chi connectivity index (χ1v) is 12.8. The Hall–Kier alpha value is -2.48. The molecule has 8 nitrogen and oxygen atoms in total. The number of nitriles is 1.